The fourth-order valence-corrected chi connectivity index (χ4v) is 2.79. The number of aromatic amines is 1. The second-order valence-corrected chi connectivity index (χ2v) is 6.12. The molecule has 1 saturated heterocycles. The van der Waals surface area contributed by atoms with Crippen LogP contribution < -0.4 is 0 Å². The number of aromatic nitrogens is 4. The summed E-state index contributed by atoms with van der Waals surface area (Å²) in [6, 6.07) is 3.72. The fraction of sp³-hybridized carbons (Fsp3) is 0.533. The van der Waals surface area contributed by atoms with Crippen molar-refractivity contribution >= 4 is 5.91 Å². The van der Waals surface area contributed by atoms with Crippen LogP contribution in [0.1, 0.15) is 48.9 Å². The number of rotatable bonds is 3. The molecule has 7 nitrogen and oxygen atoms in total. The van der Waals surface area contributed by atoms with Gasteiger partial charge < -0.3 is 15.0 Å². The molecule has 1 atom stereocenters. The standard InChI is InChI=1S/C15H21N5O2/c1-11(2)20-9-13(17-18-20)15(22)6-4-8-19(10-15)14(21)12-5-3-7-16-12/h3,5,7,9,11,16,22H,4,6,8,10H2,1-2H3. The Hall–Kier alpha value is -2.15. The van der Waals surface area contributed by atoms with Gasteiger partial charge in [0.15, 0.2) is 0 Å². The average Bonchev–Trinajstić information content (AvgIpc) is 3.18. The highest BCUT2D eigenvalue weighted by Gasteiger charge is 2.39. The summed E-state index contributed by atoms with van der Waals surface area (Å²) < 4.78 is 1.72. The minimum Gasteiger partial charge on any atom is -0.382 e. The van der Waals surface area contributed by atoms with Gasteiger partial charge in [0.25, 0.3) is 5.91 Å². The minimum absolute atomic E-state index is 0.0978. The number of β-amino-alcohol motifs (C(OH)–C–C–N with tert-alkyl or cyclic N) is 1. The zero-order chi connectivity index (χ0) is 15.7. The molecular formula is C15H21N5O2. The smallest absolute Gasteiger partial charge is 0.270 e. The number of piperidine rings is 1. The van der Waals surface area contributed by atoms with Gasteiger partial charge in [-0.1, -0.05) is 5.21 Å². The Balaban J connectivity index is 1.80. The Bertz CT molecular complexity index is 649. The summed E-state index contributed by atoms with van der Waals surface area (Å²) in [5.41, 5.74) is -0.0616. The minimum atomic E-state index is -1.13. The Morgan fingerprint density at radius 3 is 2.95 bits per heavy atom. The molecule has 0 spiro atoms. The van der Waals surface area contributed by atoms with Crippen molar-refractivity contribution in [3.63, 3.8) is 0 Å². The monoisotopic (exact) mass is 303 g/mol. The number of hydrogen-bond donors (Lipinski definition) is 2. The molecular weight excluding hydrogens is 282 g/mol. The fourth-order valence-electron chi connectivity index (χ4n) is 2.79. The molecule has 1 aliphatic heterocycles. The second kappa shape index (κ2) is 5.57. The topological polar surface area (TPSA) is 87.0 Å². The van der Waals surface area contributed by atoms with Crippen molar-refractivity contribution in [3.05, 3.63) is 35.9 Å². The van der Waals surface area contributed by atoms with Gasteiger partial charge in [-0.2, -0.15) is 0 Å². The van der Waals surface area contributed by atoms with Crippen LogP contribution in [0.2, 0.25) is 0 Å². The Morgan fingerprint density at radius 2 is 2.32 bits per heavy atom. The van der Waals surface area contributed by atoms with Gasteiger partial charge in [0, 0.05) is 18.8 Å². The van der Waals surface area contributed by atoms with Crippen molar-refractivity contribution in [2.75, 3.05) is 13.1 Å². The first-order valence-electron chi connectivity index (χ1n) is 7.57. The molecule has 7 heteroatoms. The Kier molecular flexibility index (Phi) is 3.74. The van der Waals surface area contributed by atoms with Crippen molar-refractivity contribution in [2.24, 2.45) is 0 Å². The van der Waals surface area contributed by atoms with E-state index in [2.05, 4.69) is 15.3 Å². The van der Waals surface area contributed by atoms with Crippen LogP contribution in [0.3, 0.4) is 0 Å². The Labute approximate surface area is 128 Å². The van der Waals surface area contributed by atoms with E-state index in [9.17, 15) is 9.90 Å². The summed E-state index contributed by atoms with van der Waals surface area (Å²) in [6.07, 6.45) is 4.81. The summed E-state index contributed by atoms with van der Waals surface area (Å²) in [6.45, 7) is 4.88. The van der Waals surface area contributed by atoms with Gasteiger partial charge in [-0.3, -0.25) is 4.79 Å². The lowest BCUT2D eigenvalue weighted by molar-refractivity contribution is -0.0322. The zero-order valence-corrected chi connectivity index (χ0v) is 12.9. The molecule has 118 valence electrons. The molecule has 0 bridgehead atoms. The lowest BCUT2D eigenvalue weighted by Crippen LogP contribution is -2.48. The van der Waals surface area contributed by atoms with Gasteiger partial charge in [-0.25, -0.2) is 4.68 Å². The van der Waals surface area contributed by atoms with E-state index in [4.69, 9.17) is 0 Å². The van der Waals surface area contributed by atoms with E-state index in [1.54, 1.807) is 34.1 Å². The van der Waals surface area contributed by atoms with Gasteiger partial charge in [-0.05, 0) is 38.8 Å². The molecule has 1 amide bonds. The molecule has 0 radical (unpaired) electrons. The number of aliphatic hydroxyl groups is 1. The average molecular weight is 303 g/mol. The molecule has 2 aromatic heterocycles. The van der Waals surface area contributed by atoms with E-state index in [1.165, 1.54) is 0 Å². The van der Waals surface area contributed by atoms with Crippen molar-refractivity contribution in [2.45, 2.75) is 38.3 Å². The molecule has 2 aromatic rings. The highest BCUT2D eigenvalue weighted by atomic mass is 16.3. The lowest BCUT2D eigenvalue weighted by Gasteiger charge is -2.37. The predicted octanol–water partition coefficient (Wildman–Crippen LogP) is 1.31. The number of hydrogen-bond acceptors (Lipinski definition) is 4. The first-order valence-corrected chi connectivity index (χ1v) is 7.57. The third kappa shape index (κ3) is 2.64. The number of nitrogens with one attached hydrogen (secondary N) is 1. The van der Waals surface area contributed by atoms with Crippen molar-refractivity contribution < 1.29 is 9.90 Å². The van der Waals surface area contributed by atoms with Gasteiger partial charge >= 0.3 is 0 Å². The highest BCUT2D eigenvalue weighted by molar-refractivity contribution is 5.92. The molecule has 0 aliphatic carbocycles. The van der Waals surface area contributed by atoms with Crippen LogP contribution in [-0.4, -0.2) is 49.0 Å². The molecule has 1 aliphatic rings. The largest absolute Gasteiger partial charge is 0.382 e. The molecule has 0 saturated carbocycles. The SMILES string of the molecule is CC(C)n1cc(C2(O)CCCN(C(=O)c3ccc[nH]3)C2)nn1. The number of amides is 1. The molecule has 3 heterocycles. The van der Waals surface area contributed by atoms with Crippen molar-refractivity contribution in [3.8, 4) is 0 Å². The van der Waals surface area contributed by atoms with Crippen LogP contribution in [-0.2, 0) is 5.60 Å². The molecule has 1 fully saturated rings. The maximum absolute atomic E-state index is 12.4. The summed E-state index contributed by atoms with van der Waals surface area (Å²) in [7, 11) is 0. The third-order valence-electron chi connectivity index (χ3n) is 4.10. The quantitative estimate of drug-likeness (QED) is 0.895. The van der Waals surface area contributed by atoms with Crippen LogP contribution in [0.5, 0.6) is 0 Å². The molecule has 22 heavy (non-hydrogen) atoms. The van der Waals surface area contributed by atoms with Gasteiger partial charge in [-0.15, -0.1) is 5.10 Å². The van der Waals surface area contributed by atoms with Gasteiger partial charge in [0.05, 0.1) is 12.7 Å². The summed E-state index contributed by atoms with van der Waals surface area (Å²) in [4.78, 5) is 17.0. The van der Waals surface area contributed by atoms with E-state index in [-0.39, 0.29) is 18.5 Å². The summed E-state index contributed by atoms with van der Waals surface area (Å²) in [5, 5.41) is 19.1. The van der Waals surface area contributed by atoms with E-state index >= 15 is 0 Å². The maximum Gasteiger partial charge on any atom is 0.270 e. The van der Waals surface area contributed by atoms with Crippen LogP contribution >= 0.6 is 0 Å². The first kappa shape index (κ1) is 14.8. The number of likely N-dealkylation sites (tertiary alicyclic amines) is 1. The van der Waals surface area contributed by atoms with E-state index in [0.29, 0.717) is 24.4 Å². The van der Waals surface area contributed by atoms with Crippen LogP contribution in [0.4, 0.5) is 0 Å². The van der Waals surface area contributed by atoms with Crippen LogP contribution in [0.25, 0.3) is 0 Å². The molecule has 2 N–H and O–H groups in total. The maximum atomic E-state index is 12.4. The number of H-pyrrole nitrogens is 1. The first-order chi connectivity index (χ1) is 10.5. The third-order valence-corrected chi connectivity index (χ3v) is 4.10. The molecule has 3 rings (SSSR count). The van der Waals surface area contributed by atoms with Gasteiger partial charge in [0.1, 0.15) is 17.0 Å². The number of carbonyl (C=O) groups excluding carboxylic acids is 1. The summed E-state index contributed by atoms with van der Waals surface area (Å²) in [5.74, 6) is -0.0978. The number of carbonyl (C=O) groups is 1. The Morgan fingerprint density at radius 1 is 1.50 bits per heavy atom. The van der Waals surface area contributed by atoms with Crippen LogP contribution in [0.15, 0.2) is 24.5 Å². The normalized spacial score (nSPS) is 22.3. The summed E-state index contributed by atoms with van der Waals surface area (Å²) >= 11 is 0. The van der Waals surface area contributed by atoms with Crippen LogP contribution in [0, 0.1) is 0 Å². The van der Waals surface area contributed by atoms with E-state index < -0.39 is 5.60 Å². The van der Waals surface area contributed by atoms with Gasteiger partial charge in [0.2, 0.25) is 0 Å². The second-order valence-electron chi connectivity index (χ2n) is 6.12. The lowest BCUT2D eigenvalue weighted by atomic mass is 9.90. The zero-order valence-electron chi connectivity index (χ0n) is 12.9. The van der Waals surface area contributed by atoms with Crippen molar-refractivity contribution in [1.82, 2.24) is 24.9 Å². The van der Waals surface area contributed by atoms with E-state index in [0.717, 1.165) is 6.42 Å². The highest BCUT2D eigenvalue weighted by Crippen LogP contribution is 2.31. The van der Waals surface area contributed by atoms with E-state index in [1.807, 2.05) is 13.8 Å². The molecule has 1 unspecified atom stereocenters. The molecule has 0 aromatic carbocycles. The number of nitrogens with zero attached hydrogens (tertiary/aromatic N) is 4. The van der Waals surface area contributed by atoms with Crippen molar-refractivity contribution in [1.29, 1.82) is 0 Å². The predicted molar refractivity (Wildman–Crippen MR) is 80.2 cm³/mol.